The molecule has 20 heteroatoms. The first-order valence-electron chi connectivity index (χ1n) is 20.4. The predicted octanol–water partition coefficient (Wildman–Crippen LogP) is 4.54. The second kappa shape index (κ2) is 28.8. The average Bonchev–Trinajstić information content (AvgIpc) is 3.46. The van der Waals surface area contributed by atoms with Gasteiger partial charge in [0.2, 0.25) is 0 Å². The summed E-state index contributed by atoms with van der Waals surface area (Å²) >= 11 is 0. The minimum absolute atomic E-state index is 0.0106. The maximum absolute atomic E-state index is 12.3. The second-order valence-electron chi connectivity index (χ2n) is 14.7. The van der Waals surface area contributed by atoms with Gasteiger partial charge in [-0.15, -0.1) is 0 Å². The number of hydrogen-bond acceptors (Lipinski definition) is 16. The molecule has 2 aliphatic rings. The van der Waals surface area contributed by atoms with Crippen LogP contribution >= 0.6 is 7.82 Å². The van der Waals surface area contributed by atoms with Crippen LogP contribution in [0.1, 0.15) is 129 Å². The summed E-state index contributed by atoms with van der Waals surface area (Å²) in [5.41, 5.74) is 10.9. The molecule has 7 N–H and O–H groups in total. The van der Waals surface area contributed by atoms with Crippen LogP contribution in [0.2, 0.25) is 0 Å². The van der Waals surface area contributed by atoms with E-state index in [0.717, 1.165) is 64.2 Å². The Kier molecular flexibility index (Phi) is 26.1. The number of phosphoric ester groups is 1. The van der Waals surface area contributed by atoms with Crippen LogP contribution in [-0.4, -0.2) is 117 Å². The SMILES string of the molecule is CC(=O)OC[C@H](COP(=O)(O)OCCN)OC(=O)/C=C/CCCCC[C@H]1O[C@]2(CCCCCCCCCCCCCOCC(N)COS(=O)(=O)O)CC[C@@H](O)[C@H]1O2. The standard InChI is InChI=1S/C37H69N2O16PS/c1-30(40)49-28-32(29-51-56(43,44)50-25-23-38)53-35(42)19-15-11-9-10-14-18-34-36-33(41)20-22-37(54-34,55-36)21-16-12-7-5-3-2-4-6-8-13-17-24-48-26-31(39)27-52-57(45,46)47/h15,19,31-34,36,41H,2-14,16-18,20-29,38-39H2,1H3,(H,43,44)(H,45,46,47)/b19-15+/t31?,32-,33-,34-,36-,37+/m1/s1. The van der Waals surface area contributed by atoms with Crippen LogP contribution in [0.15, 0.2) is 12.2 Å². The van der Waals surface area contributed by atoms with Gasteiger partial charge in [0.05, 0.1) is 44.7 Å². The van der Waals surface area contributed by atoms with Crippen molar-refractivity contribution in [1.29, 1.82) is 0 Å². The van der Waals surface area contributed by atoms with Gasteiger partial charge in [-0.2, -0.15) is 8.42 Å². The van der Waals surface area contributed by atoms with E-state index in [0.29, 0.717) is 25.9 Å². The summed E-state index contributed by atoms with van der Waals surface area (Å²) in [6.07, 6.45) is 19.5. The van der Waals surface area contributed by atoms with Gasteiger partial charge in [0.15, 0.2) is 11.9 Å². The Labute approximate surface area is 338 Å². The van der Waals surface area contributed by atoms with Crippen LogP contribution in [0.5, 0.6) is 0 Å². The minimum atomic E-state index is -4.48. The number of hydrogen-bond donors (Lipinski definition) is 5. The van der Waals surface area contributed by atoms with Crippen LogP contribution in [0.25, 0.3) is 0 Å². The molecule has 0 amide bonds. The molecule has 0 aliphatic carbocycles. The van der Waals surface area contributed by atoms with Crippen LogP contribution in [0.4, 0.5) is 0 Å². The third-order valence-electron chi connectivity index (χ3n) is 9.56. The zero-order valence-corrected chi connectivity index (χ0v) is 35.3. The number of nitrogens with two attached hydrogens (primary N) is 2. The van der Waals surface area contributed by atoms with Crippen molar-refractivity contribution >= 4 is 30.2 Å². The fraction of sp³-hybridized carbons (Fsp3) is 0.892. The first-order valence-corrected chi connectivity index (χ1v) is 23.3. The normalized spacial score (nSPS) is 23.0. The third-order valence-corrected chi connectivity index (χ3v) is 11.0. The van der Waals surface area contributed by atoms with Crippen LogP contribution in [-0.2, 0) is 61.5 Å². The Balaban J connectivity index is 1.52. The molecular weight excluding hydrogens is 791 g/mol. The van der Waals surface area contributed by atoms with E-state index in [-0.39, 0.29) is 45.2 Å². The molecule has 2 rings (SSSR count). The predicted molar refractivity (Wildman–Crippen MR) is 209 cm³/mol. The Morgan fingerprint density at radius 2 is 1.54 bits per heavy atom. The van der Waals surface area contributed by atoms with E-state index in [2.05, 4.69) is 8.71 Å². The number of rotatable bonds is 35. The minimum Gasteiger partial charge on any atom is -0.462 e. The summed E-state index contributed by atoms with van der Waals surface area (Å²) < 4.78 is 83.6. The fourth-order valence-electron chi connectivity index (χ4n) is 6.66. The van der Waals surface area contributed by atoms with E-state index in [9.17, 15) is 32.6 Å². The van der Waals surface area contributed by atoms with E-state index in [1.807, 2.05) is 0 Å². The highest BCUT2D eigenvalue weighted by atomic mass is 32.3. The van der Waals surface area contributed by atoms with Crippen LogP contribution in [0, 0.1) is 0 Å². The lowest BCUT2D eigenvalue weighted by Gasteiger charge is -2.33. The Morgan fingerprint density at radius 1 is 0.895 bits per heavy atom. The van der Waals surface area contributed by atoms with Crippen molar-refractivity contribution < 1.29 is 74.0 Å². The number of fused-ring (bicyclic) bond motifs is 2. The number of aliphatic hydroxyl groups excluding tert-OH is 1. The topological polar surface area (TPSA) is 272 Å². The van der Waals surface area contributed by atoms with Crippen LogP contribution < -0.4 is 11.5 Å². The van der Waals surface area contributed by atoms with E-state index in [4.69, 9.17) is 44.2 Å². The largest absolute Gasteiger partial charge is 0.472 e. The van der Waals surface area contributed by atoms with Gasteiger partial charge in [-0.1, -0.05) is 76.7 Å². The van der Waals surface area contributed by atoms with Gasteiger partial charge < -0.3 is 45.2 Å². The summed E-state index contributed by atoms with van der Waals surface area (Å²) in [6.45, 7) is 0.524. The maximum atomic E-state index is 12.3. The summed E-state index contributed by atoms with van der Waals surface area (Å²) in [4.78, 5) is 33.2. The Hall–Kier alpha value is -1.58. The lowest BCUT2D eigenvalue weighted by Crippen LogP contribution is -2.41. The number of carbonyl (C=O) groups excluding carboxylic acids is 2. The van der Waals surface area contributed by atoms with Gasteiger partial charge in [-0.25, -0.2) is 13.5 Å². The molecule has 2 bridgehead atoms. The summed E-state index contributed by atoms with van der Waals surface area (Å²) in [5.74, 6) is -1.93. The first-order chi connectivity index (χ1) is 27.1. The van der Waals surface area contributed by atoms with Crippen molar-refractivity contribution in [3.05, 3.63) is 12.2 Å². The zero-order valence-electron chi connectivity index (χ0n) is 33.6. The molecule has 2 fully saturated rings. The number of unbranched alkanes of at least 4 members (excludes halogenated alkanes) is 13. The molecule has 18 nitrogen and oxygen atoms in total. The quantitative estimate of drug-likeness (QED) is 0.0192. The second-order valence-corrected chi connectivity index (χ2v) is 17.3. The molecule has 0 radical (unpaired) electrons. The van der Waals surface area contributed by atoms with Crippen molar-refractivity contribution in [1.82, 2.24) is 0 Å². The van der Waals surface area contributed by atoms with Gasteiger partial charge >= 0.3 is 30.2 Å². The molecule has 0 spiro atoms. The molecule has 0 saturated carbocycles. The number of phosphoric acid groups is 1. The highest BCUT2D eigenvalue weighted by molar-refractivity contribution is 7.80. The summed E-state index contributed by atoms with van der Waals surface area (Å²) in [7, 11) is -8.89. The van der Waals surface area contributed by atoms with E-state index < -0.39 is 60.8 Å². The average molecular weight is 861 g/mol. The van der Waals surface area contributed by atoms with Crippen molar-refractivity contribution in [3.63, 3.8) is 0 Å². The monoisotopic (exact) mass is 860 g/mol. The molecule has 2 aliphatic heterocycles. The van der Waals surface area contributed by atoms with Gasteiger partial charge in [0.25, 0.3) is 0 Å². The fourth-order valence-corrected chi connectivity index (χ4v) is 7.77. The lowest BCUT2D eigenvalue weighted by atomic mass is 9.94. The third kappa shape index (κ3) is 24.9. The Bertz CT molecular complexity index is 1310. The summed E-state index contributed by atoms with van der Waals surface area (Å²) in [6, 6.07) is -0.613. The molecule has 2 unspecified atom stereocenters. The molecule has 2 heterocycles. The van der Waals surface area contributed by atoms with Gasteiger partial charge in [-0.3, -0.25) is 18.4 Å². The van der Waals surface area contributed by atoms with Crippen LogP contribution in [0.3, 0.4) is 0 Å². The van der Waals surface area contributed by atoms with E-state index in [1.165, 1.54) is 51.5 Å². The molecule has 0 aromatic carbocycles. The number of esters is 2. The number of carbonyl (C=O) groups is 2. The molecule has 2 saturated heterocycles. The Morgan fingerprint density at radius 3 is 2.19 bits per heavy atom. The highest BCUT2D eigenvalue weighted by Crippen LogP contribution is 2.45. The lowest BCUT2D eigenvalue weighted by molar-refractivity contribution is -0.214. The molecule has 57 heavy (non-hydrogen) atoms. The smallest absolute Gasteiger partial charge is 0.462 e. The van der Waals surface area contributed by atoms with Crippen molar-refractivity contribution in [2.45, 2.75) is 165 Å². The van der Waals surface area contributed by atoms with Gasteiger partial charge in [0, 0.05) is 39.0 Å². The van der Waals surface area contributed by atoms with Crippen molar-refractivity contribution in [2.24, 2.45) is 11.5 Å². The molecule has 0 aromatic heterocycles. The molecule has 334 valence electrons. The van der Waals surface area contributed by atoms with E-state index in [1.54, 1.807) is 6.08 Å². The van der Waals surface area contributed by atoms with Crippen molar-refractivity contribution in [2.75, 3.05) is 46.2 Å². The number of aliphatic hydroxyl groups is 1. The van der Waals surface area contributed by atoms with Gasteiger partial charge in [0.1, 0.15) is 12.7 Å². The van der Waals surface area contributed by atoms with Crippen molar-refractivity contribution in [3.8, 4) is 0 Å². The highest BCUT2D eigenvalue weighted by Gasteiger charge is 2.52. The molecular formula is C37H69N2O16PS. The van der Waals surface area contributed by atoms with E-state index >= 15 is 0 Å². The maximum Gasteiger partial charge on any atom is 0.472 e. The number of allylic oxidation sites excluding steroid dienone is 1. The zero-order chi connectivity index (χ0) is 42.0. The molecule has 0 aromatic rings. The first kappa shape index (κ1) is 51.6. The molecule has 7 atom stereocenters. The summed E-state index contributed by atoms with van der Waals surface area (Å²) in [5, 5.41) is 10.6. The number of ether oxygens (including phenoxy) is 5. The van der Waals surface area contributed by atoms with Gasteiger partial charge in [-0.05, 0) is 38.5 Å².